The Morgan fingerprint density at radius 2 is 2.14 bits per heavy atom. The molecule has 3 saturated heterocycles. The van der Waals surface area contributed by atoms with Crippen molar-refractivity contribution in [1.82, 2.24) is 15.1 Å². The van der Waals surface area contributed by atoms with E-state index in [4.69, 9.17) is 10.5 Å². The second kappa shape index (κ2) is 7.48. The van der Waals surface area contributed by atoms with Gasteiger partial charge in [-0.1, -0.05) is 23.5 Å². The van der Waals surface area contributed by atoms with E-state index in [1.54, 1.807) is 7.11 Å². The average molecular weight is 414 g/mol. The zero-order chi connectivity index (χ0) is 20.0. The number of benzene rings is 1. The molecule has 0 radical (unpaired) electrons. The maximum atomic E-state index is 13.0. The van der Waals surface area contributed by atoms with Gasteiger partial charge in [0, 0.05) is 31.6 Å². The molecule has 7 nitrogen and oxygen atoms in total. The second-order valence-electron chi connectivity index (χ2n) is 8.47. The van der Waals surface area contributed by atoms with E-state index in [9.17, 15) is 4.79 Å². The number of fused-ring (bicyclic) bond motifs is 4. The lowest BCUT2D eigenvalue weighted by Gasteiger charge is -2.56. The summed E-state index contributed by atoms with van der Waals surface area (Å²) < 4.78 is 5.42. The Morgan fingerprint density at radius 1 is 1.28 bits per heavy atom. The minimum absolute atomic E-state index is 0.212. The van der Waals surface area contributed by atoms with Gasteiger partial charge in [-0.3, -0.25) is 4.79 Å². The third-order valence-corrected chi connectivity index (χ3v) is 7.59. The van der Waals surface area contributed by atoms with Crippen molar-refractivity contribution in [3.05, 3.63) is 29.8 Å². The van der Waals surface area contributed by atoms with Crippen LogP contribution < -0.4 is 15.4 Å². The standard InChI is InChI=1S/C21H27N5O2S/c1-28-16-5-2-4-13(8-16)9-18-15-10-14(17-6-3-7-19(27)26(17)18)11-25(12-15)21-24-23-20(22)29-21/h2,4-5,8,14-15,17-18H,3,6-7,9-12H2,1H3,(H2,22,23)/t14-,15+,17+,18+/m1/s1. The normalized spacial score (nSPS) is 28.9. The highest BCUT2D eigenvalue weighted by Crippen LogP contribution is 2.44. The molecule has 8 heteroatoms. The van der Waals surface area contributed by atoms with Gasteiger partial charge in [0.2, 0.25) is 16.2 Å². The molecule has 2 N–H and O–H groups in total. The summed E-state index contributed by atoms with van der Waals surface area (Å²) in [6, 6.07) is 8.79. The van der Waals surface area contributed by atoms with Crippen LogP contribution in [0.2, 0.25) is 0 Å². The summed E-state index contributed by atoms with van der Waals surface area (Å²) in [5, 5.41) is 9.72. The largest absolute Gasteiger partial charge is 0.497 e. The molecule has 1 aromatic carbocycles. The molecule has 1 aromatic heterocycles. The first-order chi connectivity index (χ1) is 14.1. The number of piperidine rings is 3. The summed E-state index contributed by atoms with van der Waals surface area (Å²) in [6.45, 7) is 1.84. The van der Waals surface area contributed by atoms with Crippen LogP contribution in [0, 0.1) is 11.8 Å². The summed E-state index contributed by atoms with van der Waals surface area (Å²) in [5.41, 5.74) is 7.06. The monoisotopic (exact) mass is 413 g/mol. The van der Waals surface area contributed by atoms with Crippen LogP contribution in [-0.4, -0.2) is 53.3 Å². The quantitative estimate of drug-likeness (QED) is 0.829. The van der Waals surface area contributed by atoms with E-state index in [0.29, 0.717) is 35.3 Å². The number of methoxy groups -OCH3 is 1. The minimum atomic E-state index is 0.212. The fraction of sp³-hybridized carbons (Fsp3) is 0.571. The second-order valence-corrected chi connectivity index (χ2v) is 9.45. The van der Waals surface area contributed by atoms with Crippen LogP contribution in [0.3, 0.4) is 0 Å². The molecule has 29 heavy (non-hydrogen) atoms. The van der Waals surface area contributed by atoms with Crippen LogP contribution in [0.4, 0.5) is 10.3 Å². The van der Waals surface area contributed by atoms with Crippen LogP contribution in [0.25, 0.3) is 0 Å². The molecule has 0 spiro atoms. The maximum absolute atomic E-state index is 13.0. The zero-order valence-electron chi connectivity index (χ0n) is 16.7. The fourth-order valence-electron chi connectivity index (χ4n) is 5.59. The maximum Gasteiger partial charge on any atom is 0.223 e. The van der Waals surface area contributed by atoms with E-state index >= 15 is 0 Å². The molecule has 4 atom stereocenters. The van der Waals surface area contributed by atoms with Gasteiger partial charge in [0.25, 0.3) is 0 Å². The van der Waals surface area contributed by atoms with Crippen molar-refractivity contribution in [2.24, 2.45) is 11.8 Å². The zero-order valence-corrected chi connectivity index (χ0v) is 17.5. The van der Waals surface area contributed by atoms with Gasteiger partial charge in [0.15, 0.2) is 0 Å². The molecule has 3 fully saturated rings. The van der Waals surface area contributed by atoms with Crippen molar-refractivity contribution in [1.29, 1.82) is 0 Å². The first kappa shape index (κ1) is 18.7. The number of hydrogen-bond acceptors (Lipinski definition) is 7. The summed E-state index contributed by atoms with van der Waals surface area (Å²) >= 11 is 1.46. The number of amides is 1. The number of carbonyl (C=O) groups excluding carboxylic acids is 1. The number of nitrogens with two attached hydrogens (primary N) is 1. The lowest BCUT2D eigenvalue weighted by Crippen LogP contribution is -2.65. The van der Waals surface area contributed by atoms with Gasteiger partial charge in [0.1, 0.15) is 5.75 Å². The summed E-state index contributed by atoms with van der Waals surface area (Å²) in [6.07, 6.45) is 4.82. The Labute approximate surface area is 174 Å². The molecular weight excluding hydrogens is 386 g/mol. The topological polar surface area (TPSA) is 84.6 Å². The van der Waals surface area contributed by atoms with Gasteiger partial charge < -0.3 is 20.3 Å². The molecule has 2 aromatic rings. The number of hydrogen-bond donors (Lipinski definition) is 1. The van der Waals surface area contributed by atoms with E-state index in [1.165, 1.54) is 23.3 Å². The predicted octanol–water partition coefficient (Wildman–Crippen LogP) is 2.58. The molecule has 154 valence electrons. The minimum Gasteiger partial charge on any atom is -0.497 e. The van der Waals surface area contributed by atoms with Crippen molar-refractivity contribution in [3.63, 3.8) is 0 Å². The van der Waals surface area contributed by atoms with Crippen molar-refractivity contribution in [3.8, 4) is 5.75 Å². The first-order valence-electron chi connectivity index (χ1n) is 10.4. The summed E-state index contributed by atoms with van der Waals surface area (Å²) in [5.74, 6) is 2.11. The van der Waals surface area contributed by atoms with E-state index < -0.39 is 0 Å². The third-order valence-electron chi connectivity index (χ3n) is 6.78. The lowest BCUT2D eigenvalue weighted by atomic mass is 9.71. The lowest BCUT2D eigenvalue weighted by molar-refractivity contribution is -0.148. The van der Waals surface area contributed by atoms with Crippen molar-refractivity contribution in [2.75, 3.05) is 30.8 Å². The van der Waals surface area contributed by atoms with Gasteiger partial charge in [-0.15, -0.1) is 10.2 Å². The number of nitrogen functional groups attached to an aromatic ring is 1. The third kappa shape index (κ3) is 3.43. The Kier molecular flexibility index (Phi) is 4.81. The Balaban J connectivity index is 1.46. The molecule has 2 bridgehead atoms. The van der Waals surface area contributed by atoms with Crippen molar-refractivity contribution < 1.29 is 9.53 Å². The molecule has 0 aliphatic carbocycles. The van der Waals surface area contributed by atoms with Crippen LogP contribution in [0.5, 0.6) is 5.75 Å². The van der Waals surface area contributed by atoms with Crippen molar-refractivity contribution in [2.45, 2.75) is 44.2 Å². The Morgan fingerprint density at radius 3 is 2.93 bits per heavy atom. The number of aromatic nitrogens is 2. The number of nitrogens with zero attached hydrogens (tertiary/aromatic N) is 4. The molecule has 5 rings (SSSR count). The van der Waals surface area contributed by atoms with E-state index in [0.717, 1.165) is 43.2 Å². The van der Waals surface area contributed by atoms with Crippen LogP contribution in [-0.2, 0) is 11.2 Å². The molecule has 0 unspecified atom stereocenters. The molecule has 4 heterocycles. The summed E-state index contributed by atoms with van der Waals surface area (Å²) in [4.78, 5) is 17.6. The Hall–Kier alpha value is -2.35. The molecular formula is C21H27N5O2S. The van der Waals surface area contributed by atoms with E-state index in [2.05, 4.69) is 32.1 Å². The van der Waals surface area contributed by atoms with Gasteiger partial charge in [-0.05, 0) is 55.2 Å². The number of rotatable bonds is 4. The van der Waals surface area contributed by atoms with Crippen LogP contribution in [0.15, 0.2) is 24.3 Å². The number of carbonyl (C=O) groups is 1. The molecule has 1 amide bonds. The van der Waals surface area contributed by atoms with Crippen molar-refractivity contribution >= 4 is 27.5 Å². The van der Waals surface area contributed by atoms with E-state index in [1.807, 2.05) is 12.1 Å². The van der Waals surface area contributed by atoms with Gasteiger partial charge >= 0.3 is 0 Å². The fourth-order valence-corrected chi connectivity index (χ4v) is 6.22. The van der Waals surface area contributed by atoms with Gasteiger partial charge in [-0.2, -0.15) is 0 Å². The highest BCUT2D eigenvalue weighted by atomic mass is 32.1. The first-order valence-corrected chi connectivity index (χ1v) is 11.2. The van der Waals surface area contributed by atoms with Crippen LogP contribution in [0.1, 0.15) is 31.2 Å². The molecule has 0 saturated carbocycles. The van der Waals surface area contributed by atoms with Gasteiger partial charge in [-0.25, -0.2) is 0 Å². The Bertz CT molecular complexity index is 903. The predicted molar refractivity (Wildman–Crippen MR) is 113 cm³/mol. The SMILES string of the molecule is COc1cccc(C[C@H]2[C@H]3C[C@H](CN(c4nnc(N)s4)C3)[C@@H]3CCCC(=O)N32)c1. The molecule has 3 aliphatic rings. The summed E-state index contributed by atoms with van der Waals surface area (Å²) in [7, 11) is 1.70. The molecule has 3 aliphatic heterocycles. The van der Waals surface area contributed by atoms with Crippen LogP contribution >= 0.6 is 11.3 Å². The smallest absolute Gasteiger partial charge is 0.223 e. The number of anilines is 2. The average Bonchev–Trinajstić information content (AvgIpc) is 3.18. The highest BCUT2D eigenvalue weighted by Gasteiger charge is 2.49. The van der Waals surface area contributed by atoms with Gasteiger partial charge in [0.05, 0.1) is 7.11 Å². The number of ether oxygens (including phenoxy) is 1. The highest BCUT2D eigenvalue weighted by molar-refractivity contribution is 7.18. The van der Waals surface area contributed by atoms with E-state index in [-0.39, 0.29) is 6.04 Å².